The number of hydrogen-bond acceptors (Lipinski definition) is 2. The number of fused-ring (bicyclic) bond motifs is 3. The third-order valence-corrected chi connectivity index (χ3v) is 4.64. The summed E-state index contributed by atoms with van der Waals surface area (Å²) in [6, 6.07) is 0. The van der Waals surface area contributed by atoms with Gasteiger partial charge in [0.1, 0.15) is 0 Å². The Morgan fingerprint density at radius 2 is 2.29 bits per heavy atom. The highest BCUT2D eigenvalue weighted by Crippen LogP contribution is 2.57. The summed E-state index contributed by atoms with van der Waals surface area (Å²) in [5.41, 5.74) is 0.338. The fourth-order valence-corrected chi connectivity index (χ4v) is 4.07. The van der Waals surface area contributed by atoms with E-state index in [2.05, 4.69) is 5.32 Å². The van der Waals surface area contributed by atoms with Crippen molar-refractivity contribution in [1.82, 2.24) is 5.32 Å². The van der Waals surface area contributed by atoms with Crippen LogP contribution < -0.4 is 5.32 Å². The summed E-state index contributed by atoms with van der Waals surface area (Å²) in [6.45, 7) is 1.04. The van der Waals surface area contributed by atoms with Gasteiger partial charge in [-0.2, -0.15) is 0 Å². The highest BCUT2D eigenvalue weighted by atomic mass is 16.5. The normalized spacial score (nSPS) is 50.8. The molecule has 2 nitrogen and oxygen atoms in total. The molecule has 1 N–H and O–H groups in total. The van der Waals surface area contributed by atoms with Gasteiger partial charge in [-0.3, -0.25) is 0 Å². The molecule has 2 aliphatic carbocycles. The van der Waals surface area contributed by atoms with Crippen LogP contribution in [0.3, 0.4) is 0 Å². The van der Waals surface area contributed by atoms with Crippen molar-refractivity contribution in [2.45, 2.75) is 50.2 Å². The minimum atomic E-state index is 0.338. The highest BCUT2D eigenvalue weighted by Gasteiger charge is 2.54. The first-order chi connectivity index (χ1) is 6.82. The first kappa shape index (κ1) is 9.17. The first-order valence-corrected chi connectivity index (χ1v) is 6.15. The lowest BCUT2D eigenvalue weighted by Crippen LogP contribution is -2.36. The van der Waals surface area contributed by atoms with E-state index in [1.165, 1.54) is 38.5 Å². The molecule has 0 aromatic heterocycles. The Balaban J connectivity index is 1.69. The number of hydrogen-bond donors (Lipinski definition) is 1. The summed E-state index contributed by atoms with van der Waals surface area (Å²) in [5, 5.41) is 3.24. The molecule has 1 spiro atoms. The fourth-order valence-electron chi connectivity index (χ4n) is 4.07. The van der Waals surface area contributed by atoms with Crippen LogP contribution in [0.15, 0.2) is 0 Å². The van der Waals surface area contributed by atoms with Gasteiger partial charge in [0.25, 0.3) is 0 Å². The van der Waals surface area contributed by atoms with E-state index in [9.17, 15) is 0 Å². The molecule has 0 amide bonds. The maximum atomic E-state index is 6.32. The van der Waals surface area contributed by atoms with Crippen molar-refractivity contribution in [3.05, 3.63) is 0 Å². The molecule has 14 heavy (non-hydrogen) atoms. The Bertz CT molecular complexity index is 230. The minimum Gasteiger partial charge on any atom is -0.370 e. The maximum Gasteiger partial charge on any atom is 0.0718 e. The molecule has 3 rings (SSSR count). The smallest absolute Gasteiger partial charge is 0.0718 e. The second kappa shape index (κ2) is 3.21. The van der Waals surface area contributed by atoms with E-state index < -0.39 is 0 Å². The predicted molar refractivity (Wildman–Crippen MR) is 56.2 cm³/mol. The Hall–Kier alpha value is -0.0800. The van der Waals surface area contributed by atoms with Crippen LogP contribution >= 0.6 is 0 Å². The molecule has 4 unspecified atom stereocenters. The summed E-state index contributed by atoms with van der Waals surface area (Å²) in [5.74, 6) is 1.92. The standard InChI is InChI=1S/C12H21NO/c1-13-8-11-4-5-12(14-11)7-9-2-3-10(12)6-9/h9-11,13H,2-8H2,1H3. The van der Waals surface area contributed by atoms with E-state index in [1.807, 2.05) is 7.05 Å². The van der Waals surface area contributed by atoms with Crippen molar-refractivity contribution < 1.29 is 4.74 Å². The van der Waals surface area contributed by atoms with E-state index in [-0.39, 0.29) is 0 Å². The summed E-state index contributed by atoms with van der Waals surface area (Å²) in [7, 11) is 2.02. The van der Waals surface area contributed by atoms with E-state index in [0.29, 0.717) is 11.7 Å². The zero-order valence-corrected chi connectivity index (χ0v) is 9.09. The summed E-state index contributed by atoms with van der Waals surface area (Å²) in [6.07, 6.45) is 8.87. The van der Waals surface area contributed by atoms with Crippen LogP contribution in [0.5, 0.6) is 0 Å². The zero-order valence-electron chi connectivity index (χ0n) is 9.09. The molecular formula is C12H21NO. The fraction of sp³-hybridized carbons (Fsp3) is 1.00. The minimum absolute atomic E-state index is 0.338. The van der Waals surface area contributed by atoms with Crippen molar-refractivity contribution >= 4 is 0 Å². The average molecular weight is 195 g/mol. The van der Waals surface area contributed by atoms with Gasteiger partial charge in [-0.15, -0.1) is 0 Å². The lowest BCUT2D eigenvalue weighted by atomic mass is 9.82. The van der Waals surface area contributed by atoms with Crippen LogP contribution in [-0.4, -0.2) is 25.3 Å². The number of rotatable bonds is 2. The van der Waals surface area contributed by atoms with Gasteiger partial charge < -0.3 is 10.1 Å². The molecule has 80 valence electrons. The van der Waals surface area contributed by atoms with Crippen molar-refractivity contribution in [3.8, 4) is 0 Å². The van der Waals surface area contributed by atoms with Gasteiger partial charge >= 0.3 is 0 Å². The molecule has 2 heteroatoms. The monoisotopic (exact) mass is 195 g/mol. The van der Waals surface area contributed by atoms with Gasteiger partial charge in [-0.25, -0.2) is 0 Å². The molecule has 0 aromatic carbocycles. The van der Waals surface area contributed by atoms with Crippen LogP contribution in [0, 0.1) is 11.8 Å². The molecule has 3 aliphatic rings. The molecule has 3 fully saturated rings. The Morgan fingerprint density at radius 3 is 2.93 bits per heavy atom. The summed E-state index contributed by atoms with van der Waals surface area (Å²) >= 11 is 0. The zero-order chi connectivity index (χ0) is 9.60. The molecule has 4 atom stereocenters. The molecule has 0 radical (unpaired) electrons. The van der Waals surface area contributed by atoms with Crippen LogP contribution in [-0.2, 0) is 4.74 Å². The van der Waals surface area contributed by atoms with Crippen LogP contribution in [0.25, 0.3) is 0 Å². The van der Waals surface area contributed by atoms with Crippen molar-refractivity contribution in [2.24, 2.45) is 11.8 Å². The SMILES string of the molecule is CNCC1CCC2(CC3CCC2C3)O1. The van der Waals surface area contributed by atoms with Crippen molar-refractivity contribution in [3.63, 3.8) is 0 Å². The lowest BCUT2D eigenvalue weighted by Gasteiger charge is -2.33. The third-order valence-electron chi connectivity index (χ3n) is 4.64. The average Bonchev–Trinajstić information content (AvgIpc) is 2.82. The number of ether oxygens (including phenoxy) is 1. The number of likely N-dealkylation sites (N-methyl/N-ethyl adjacent to an activating group) is 1. The molecule has 1 heterocycles. The van der Waals surface area contributed by atoms with Gasteiger partial charge in [0.05, 0.1) is 11.7 Å². The van der Waals surface area contributed by atoms with E-state index >= 15 is 0 Å². The lowest BCUT2D eigenvalue weighted by molar-refractivity contribution is -0.0742. The molecule has 2 bridgehead atoms. The Morgan fingerprint density at radius 1 is 1.36 bits per heavy atom. The Kier molecular flexibility index (Phi) is 2.10. The van der Waals surface area contributed by atoms with Gasteiger partial charge in [0, 0.05) is 6.54 Å². The summed E-state index contributed by atoms with van der Waals surface area (Å²) < 4.78 is 6.32. The van der Waals surface area contributed by atoms with Gasteiger partial charge in [-0.05, 0) is 57.4 Å². The van der Waals surface area contributed by atoms with Crippen molar-refractivity contribution in [1.29, 1.82) is 0 Å². The second-order valence-electron chi connectivity index (χ2n) is 5.48. The third kappa shape index (κ3) is 1.24. The molecule has 1 aliphatic heterocycles. The topological polar surface area (TPSA) is 21.3 Å². The molecule has 1 saturated heterocycles. The van der Waals surface area contributed by atoms with Crippen LogP contribution in [0.1, 0.15) is 38.5 Å². The van der Waals surface area contributed by atoms with E-state index in [1.54, 1.807) is 0 Å². The first-order valence-electron chi connectivity index (χ1n) is 6.15. The predicted octanol–water partition coefficient (Wildman–Crippen LogP) is 1.94. The molecule has 0 aromatic rings. The van der Waals surface area contributed by atoms with Gasteiger partial charge in [-0.1, -0.05) is 0 Å². The maximum absolute atomic E-state index is 6.32. The Labute approximate surface area is 86.4 Å². The van der Waals surface area contributed by atoms with Crippen LogP contribution in [0.4, 0.5) is 0 Å². The van der Waals surface area contributed by atoms with Crippen molar-refractivity contribution in [2.75, 3.05) is 13.6 Å². The van der Waals surface area contributed by atoms with Crippen LogP contribution in [0.2, 0.25) is 0 Å². The molecular weight excluding hydrogens is 174 g/mol. The quantitative estimate of drug-likeness (QED) is 0.727. The largest absolute Gasteiger partial charge is 0.370 e. The summed E-state index contributed by atoms with van der Waals surface area (Å²) in [4.78, 5) is 0. The van der Waals surface area contributed by atoms with Gasteiger partial charge in [0.2, 0.25) is 0 Å². The van der Waals surface area contributed by atoms with E-state index in [0.717, 1.165) is 18.4 Å². The number of nitrogens with one attached hydrogen (secondary N) is 1. The second-order valence-corrected chi connectivity index (χ2v) is 5.48. The van der Waals surface area contributed by atoms with Gasteiger partial charge in [0.15, 0.2) is 0 Å². The van der Waals surface area contributed by atoms with E-state index in [4.69, 9.17) is 4.74 Å². The molecule has 2 saturated carbocycles. The highest BCUT2D eigenvalue weighted by molar-refractivity contribution is 5.05.